The van der Waals surface area contributed by atoms with Gasteiger partial charge in [0.2, 0.25) is 5.91 Å². The highest BCUT2D eigenvalue weighted by Crippen LogP contribution is 2.31. The zero-order valence-corrected chi connectivity index (χ0v) is 39.5. The van der Waals surface area contributed by atoms with Crippen LogP contribution in [0, 0.1) is 11.8 Å². The van der Waals surface area contributed by atoms with E-state index in [9.17, 15) is 38.4 Å². The van der Waals surface area contributed by atoms with Crippen LogP contribution in [0.2, 0.25) is 0 Å². The highest BCUT2D eigenvalue weighted by Gasteiger charge is 2.39. The van der Waals surface area contributed by atoms with Crippen LogP contribution >= 0.6 is 0 Å². The molecule has 23 nitrogen and oxygen atoms in total. The monoisotopic (exact) mass is 981 g/mol. The molecule has 4 aliphatic rings. The SMILES string of the molecule is CC(=O)C1CCC(CNC(=O)c2cc(C(=O)NCc3ccc4c(c3)NC(=O)CO4)nc3ccnn23)CC1.CC(C)N1C[C@H](NC(=O)c2cc(C(=O)NCc3ccc4c(c3)NC(=O)CO4)nc3ccnn23)C1=O. The third-order valence-electron chi connectivity index (χ3n) is 12.8. The van der Waals surface area contributed by atoms with Gasteiger partial charge in [-0.1, -0.05) is 12.1 Å². The van der Waals surface area contributed by atoms with Gasteiger partial charge in [0.25, 0.3) is 35.4 Å². The molecule has 1 saturated carbocycles. The first-order chi connectivity index (χ1) is 34.7. The minimum atomic E-state index is -0.616. The van der Waals surface area contributed by atoms with Gasteiger partial charge in [0.05, 0.1) is 30.3 Å². The summed E-state index contributed by atoms with van der Waals surface area (Å²) in [6.45, 7) is 6.67. The fourth-order valence-corrected chi connectivity index (χ4v) is 8.77. The molecular formula is C49H51N13O10. The second kappa shape index (κ2) is 20.7. The van der Waals surface area contributed by atoms with Gasteiger partial charge in [0.15, 0.2) is 24.5 Å². The van der Waals surface area contributed by atoms with E-state index in [1.165, 1.54) is 33.6 Å². The molecule has 7 heterocycles. The number of benzene rings is 2. The number of nitrogens with zero attached hydrogens (tertiary/aromatic N) is 7. The molecule has 0 spiro atoms. The van der Waals surface area contributed by atoms with Crippen LogP contribution in [-0.2, 0) is 32.3 Å². The predicted octanol–water partition coefficient (Wildman–Crippen LogP) is 2.45. The van der Waals surface area contributed by atoms with E-state index in [4.69, 9.17) is 9.47 Å². The summed E-state index contributed by atoms with van der Waals surface area (Å²) in [5.41, 5.74) is 3.72. The Balaban J connectivity index is 0.000000178. The number of hydrogen-bond donors (Lipinski definition) is 6. The Morgan fingerprint density at radius 3 is 1.67 bits per heavy atom. The summed E-state index contributed by atoms with van der Waals surface area (Å²) in [4.78, 5) is 109. The molecule has 2 aromatic carbocycles. The van der Waals surface area contributed by atoms with Crippen LogP contribution in [0.1, 0.15) is 99.5 Å². The molecular weight excluding hydrogens is 931 g/mol. The van der Waals surface area contributed by atoms with Crippen molar-refractivity contribution in [1.82, 2.24) is 55.4 Å². The second-order valence-corrected chi connectivity index (χ2v) is 18.1. The van der Waals surface area contributed by atoms with Gasteiger partial charge in [-0.3, -0.25) is 38.4 Å². The molecule has 10 rings (SSSR count). The molecule has 372 valence electrons. The highest BCUT2D eigenvalue weighted by atomic mass is 16.5. The number of Topliss-reactive ketones (excluding diaryl/α,β-unsaturated/α-hetero) is 1. The van der Waals surface area contributed by atoms with Crippen molar-refractivity contribution < 1.29 is 47.8 Å². The third kappa shape index (κ3) is 10.7. The molecule has 7 amide bonds. The first-order valence-corrected chi connectivity index (χ1v) is 23.4. The fourth-order valence-electron chi connectivity index (χ4n) is 8.77. The van der Waals surface area contributed by atoms with E-state index in [1.807, 2.05) is 13.8 Å². The zero-order chi connectivity index (χ0) is 50.6. The maximum Gasteiger partial charge on any atom is 0.270 e. The van der Waals surface area contributed by atoms with Gasteiger partial charge in [-0.2, -0.15) is 10.2 Å². The lowest BCUT2D eigenvalue weighted by Crippen LogP contribution is -2.65. The number of hydrogen-bond acceptors (Lipinski definition) is 14. The summed E-state index contributed by atoms with van der Waals surface area (Å²) in [7, 11) is 0. The van der Waals surface area contributed by atoms with Crippen molar-refractivity contribution in [1.29, 1.82) is 0 Å². The largest absolute Gasteiger partial charge is 0.482 e. The first kappa shape index (κ1) is 48.3. The average Bonchev–Trinajstić information content (AvgIpc) is 4.07. The molecule has 6 N–H and O–H groups in total. The standard InChI is InChI=1S/C26H28N6O5.C23H23N7O5/c1-15(33)18-5-2-16(3-6-18)12-28-26(36)21-11-20(30-23-8-9-29-32(21)23)25(35)27-13-17-4-7-22-19(10-17)31-24(34)14-37-22;1-12(2)29-10-16(23(29)34)28-22(33)17-8-15(26-19-5-6-25-30(17)19)21(32)24-9-13-3-4-18-14(7-13)27-20(31)11-35-18/h4,7-11,16,18H,2-3,5-6,12-14H2,1H3,(H,27,35)(H,28,36)(H,31,34);3-8,12,16H,9-11H2,1-2H3,(H,24,32)(H,27,31)(H,28,33)/t;16-/m.0/s1. The number of carbonyl (C=O) groups is 8. The molecule has 23 heteroatoms. The lowest BCUT2D eigenvalue weighted by atomic mass is 9.80. The normalized spacial score (nSPS) is 17.9. The van der Waals surface area contributed by atoms with E-state index in [1.54, 1.807) is 60.4 Å². The average molecular weight is 982 g/mol. The summed E-state index contributed by atoms with van der Waals surface area (Å²) in [6, 6.07) is 15.9. The predicted molar refractivity (Wildman–Crippen MR) is 256 cm³/mol. The van der Waals surface area contributed by atoms with Gasteiger partial charge in [-0.05, 0) is 87.8 Å². The molecule has 1 saturated heterocycles. The van der Waals surface area contributed by atoms with E-state index in [0.29, 0.717) is 53.2 Å². The van der Waals surface area contributed by atoms with Crippen LogP contribution < -0.4 is 41.4 Å². The van der Waals surface area contributed by atoms with Crippen molar-refractivity contribution in [2.24, 2.45) is 11.8 Å². The van der Waals surface area contributed by atoms with Gasteiger partial charge in [-0.15, -0.1) is 0 Å². The second-order valence-electron chi connectivity index (χ2n) is 18.1. The van der Waals surface area contributed by atoms with Gasteiger partial charge >= 0.3 is 0 Å². The molecule has 1 atom stereocenters. The molecule has 1 aliphatic carbocycles. The summed E-state index contributed by atoms with van der Waals surface area (Å²) < 4.78 is 13.4. The minimum Gasteiger partial charge on any atom is -0.482 e. The summed E-state index contributed by atoms with van der Waals surface area (Å²) >= 11 is 0. The van der Waals surface area contributed by atoms with Crippen LogP contribution in [-0.4, -0.2) is 120 Å². The van der Waals surface area contributed by atoms with Crippen LogP contribution in [0.5, 0.6) is 11.5 Å². The fraction of sp³-hybridized carbons (Fsp3) is 0.347. The number of likely N-dealkylation sites (tertiary alicyclic amines) is 1. The molecule has 0 unspecified atom stereocenters. The van der Waals surface area contributed by atoms with Crippen LogP contribution in [0.25, 0.3) is 11.3 Å². The Morgan fingerprint density at radius 2 is 1.18 bits per heavy atom. The van der Waals surface area contributed by atoms with Crippen LogP contribution in [0.4, 0.5) is 11.4 Å². The first-order valence-electron chi connectivity index (χ1n) is 23.4. The third-order valence-corrected chi connectivity index (χ3v) is 12.8. The Morgan fingerprint density at radius 1 is 0.667 bits per heavy atom. The van der Waals surface area contributed by atoms with Crippen molar-refractivity contribution >= 4 is 69.8 Å². The number of fused-ring (bicyclic) bond motifs is 4. The number of carbonyl (C=O) groups excluding carboxylic acids is 8. The van der Waals surface area contributed by atoms with Crippen LogP contribution in [0.3, 0.4) is 0 Å². The number of aromatic nitrogens is 6. The summed E-state index contributed by atoms with van der Waals surface area (Å²) in [6.07, 6.45) is 6.48. The van der Waals surface area contributed by atoms with Gasteiger partial charge < -0.3 is 46.3 Å². The molecule has 2 fully saturated rings. The van der Waals surface area contributed by atoms with Crippen molar-refractivity contribution in [3.8, 4) is 11.5 Å². The molecule has 72 heavy (non-hydrogen) atoms. The highest BCUT2D eigenvalue weighted by molar-refractivity contribution is 6.02. The van der Waals surface area contributed by atoms with Crippen LogP contribution in [0.15, 0.2) is 73.1 Å². The number of rotatable bonds is 13. The Labute approximate surface area is 410 Å². The molecule has 3 aliphatic heterocycles. The van der Waals surface area contributed by atoms with Crippen molar-refractivity contribution in [3.05, 3.63) is 107 Å². The van der Waals surface area contributed by atoms with Gasteiger partial charge in [0.1, 0.15) is 46.1 Å². The van der Waals surface area contributed by atoms with E-state index < -0.39 is 23.8 Å². The van der Waals surface area contributed by atoms with Crippen molar-refractivity contribution in [2.45, 2.75) is 71.6 Å². The quantitative estimate of drug-likeness (QED) is 0.0907. The summed E-state index contributed by atoms with van der Waals surface area (Å²) in [5, 5.41) is 25.0. The maximum atomic E-state index is 13.1. The number of β-lactam (4-membered cyclic amide) rings is 1. The van der Waals surface area contributed by atoms with Crippen molar-refractivity contribution in [3.63, 3.8) is 0 Å². The maximum absolute atomic E-state index is 13.1. The molecule has 6 aromatic rings. The molecule has 0 radical (unpaired) electrons. The lowest BCUT2D eigenvalue weighted by Gasteiger charge is -2.41. The van der Waals surface area contributed by atoms with E-state index in [0.717, 1.165) is 36.8 Å². The number of nitrogens with one attached hydrogen (secondary N) is 6. The van der Waals surface area contributed by atoms with Gasteiger partial charge in [0, 0.05) is 55.9 Å². The smallest absolute Gasteiger partial charge is 0.270 e. The zero-order valence-electron chi connectivity index (χ0n) is 39.5. The Kier molecular flexibility index (Phi) is 13.9. The Hall–Kier alpha value is -8.76. The molecule has 0 bridgehead atoms. The summed E-state index contributed by atoms with van der Waals surface area (Å²) in [5.74, 6) is -0.632. The van der Waals surface area contributed by atoms with Crippen molar-refractivity contribution in [2.75, 3.05) is 36.9 Å². The topological polar surface area (TPSA) is 291 Å². The minimum absolute atomic E-state index is 0.0251. The van der Waals surface area contributed by atoms with E-state index >= 15 is 0 Å². The number of anilines is 2. The lowest BCUT2D eigenvalue weighted by molar-refractivity contribution is -0.145. The Bertz CT molecular complexity index is 3160. The van der Waals surface area contributed by atoms with Gasteiger partial charge in [-0.25, -0.2) is 19.0 Å². The van der Waals surface area contributed by atoms with E-state index in [-0.39, 0.29) is 90.5 Å². The number of ether oxygens (including phenoxy) is 2. The van der Waals surface area contributed by atoms with E-state index in [2.05, 4.69) is 52.1 Å². The number of amides is 7. The number of ketones is 1. The molecule has 4 aromatic heterocycles.